The van der Waals surface area contributed by atoms with Crippen molar-refractivity contribution in [3.8, 4) is 0 Å². The fourth-order valence-corrected chi connectivity index (χ4v) is 3.58. The molecular formula is C18H29NO. The number of nitrogens with one attached hydrogen (secondary N) is 1. The summed E-state index contributed by atoms with van der Waals surface area (Å²) in [5.74, 6) is 0.587. The lowest BCUT2D eigenvalue weighted by Crippen LogP contribution is -2.43. The first-order valence-electron chi connectivity index (χ1n) is 8.04. The Morgan fingerprint density at radius 2 is 1.65 bits per heavy atom. The van der Waals surface area contributed by atoms with Crippen LogP contribution in [0.3, 0.4) is 0 Å². The van der Waals surface area contributed by atoms with Crippen molar-refractivity contribution in [2.45, 2.75) is 64.0 Å². The highest BCUT2D eigenvalue weighted by Gasteiger charge is 2.42. The normalized spacial score (nSPS) is 19.4. The Morgan fingerprint density at radius 1 is 1.10 bits per heavy atom. The Bertz CT molecular complexity index is 404. The van der Waals surface area contributed by atoms with Crippen molar-refractivity contribution in [3.63, 3.8) is 0 Å². The van der Waals surface area contributed by atoms with Gasteiger partial charge in [-0.15, -0.1) is 0 Å². The van der Waals surface area contributed by atoms with Crippen molar-refractivity contribution in [2.75, 3.05) is 13.7 Å². The van der Waals surface area contributed by atoms with E-state index >= 15 is 0 Å². The van der Waals surface area contributed by atoms with Crippen LogP contribution in [0.4, 0.5) is 0 Å². The van der Waals surface area contributed by atoms with E-state index in [0.29, 0.717) is 12.0 Å². The van der Waals surface area contributed by atoms with Crippen molar-refractivity contribution in [1.82, 2.24) is 5.32 Å². The number of benzene rings is 1. The van der Waals surface area contributed by atoms with Gasteiger partial charge in [0.05, 0.1) is 11.6 Å². The molecule has 0 spiro atoms. The summed E-state index contributed by atoms with van der Waals surface area (Å²) in [5.41, 5.74) is 2.75. The minimum absolute atomic E-state index is 0.0111. The Balaban J connectivity index is 2.26. The quantitative estimate of drug-likeness (QED) is 0.830. The number of likely N-dealkylation sites (N-methyl/N-ethyl adjacent to an activating group) is 1. The summed E-state index contributed by atoms with van der Waals surface area (Å²) in [6, 6.07) is 9.37. The van der Waals surface area contributed by atoms with Crippen molar-refractivity contribution in [2.24, 2.45) is 0 Å². The molecule has 1 aromatic rings. The molecule has 2 rings (SSSR count). The zero-order valence-electron chi connectivity index (χ0n) is 13.4. The molecule has 1 unspecified atom stereocenters. The Morgan fingerprint density at radius 3 is 2.10 bits per heavy atom. The van der Waals surface area contributed by atoms with Crippen LogP contribution in [-0.4, -0.2) is 19.3 Å². The van der Waals surface area contributed by atoms with Gasteiger partial charge in [-0.25, -0.2) is 0 Å². The highest BCUT2D eigenvalue weighted by Crippen LogP contribution is 2.43. The van der Waals surface area contributed by atoms with Gasteiger partial charge in [0, 0.05) is 6.61 Å². The van der Waals surface area contributed by atoms with E-state index in [1.807, 2.05) is 0 Å². The molecule has 2 nitrogen and oxygen atoms in total. The third-order valence-corrected chi connectivity index (χ3v) is 4.63. The summed E-state index contributed by atoms with van der Waals surface area (Å²) in [6.07, 6.45) is 4.89. The lowest BCUT2D eigenvalue weighted by atomic mass is 9.86. The molecule has 2 heteroatoms. The molecule has 1 N–H and O–H groups in total. The fourth-order valence-electron chi connectivity index (χ4n) is 3.58. The molecule has 1 aromatic carbocycles. The second kappa shape index (κ2) is 6.73. The number of hydrogen-bond acceptors (Lipinski definition) is 2. The summed E-state index contributed by atoms with van der Waals surface area (Å²) >= 11 is 0. The molecule has 0 aliphatic heterocycles. The lowest BCUT2D eigenvalue weighted by molar-refractivity contribution is -0.0610. The van der Waals surface area contributed by atoms with Gasteiger partial charge in [0.1, 0.15) is 0 Å². The maximum absolute atomic E-state index is 6.21. The molecule has 1 aliphatic carbocycles. The van der Waals surface area contributed by atoms with E-state index in [0.717, 1.165) is 19.4 Å². The highest BCUT2D eigenvalue weighted by molar-refractivity contribution is 5.29. The first-order valence-corrected chi connectivity index (χ1v) is 8.04. The van der Waals surface area contributed by atoms with Gasteiger partial charge in [-0.3, -0.25) is 0 Å². The third-order valence-electron chi connectivity index (χ3n) is 4.63. The Kier molecular flexibility index (Phi) is 5.22. The monoisotopic (exact) mass is 275 g/mol. The predicted octanol–water partition coefficient (Wildman–Crippen LogP) is 4.42. The molecule has 0 saturated heterocycles. The van der Waals surface area contributed by atoms with Gasteiger partial charge in [-0.05, 0) is 43.9 Å². The Hall–Kier alpha value is -0.860. The summed E-state index contributed by atoms with van der Waals surface area (Å²) in [4.78, 5) is 0. The zero-order chi connectivity index (χ0) is 14.6. The average Bonchev–Trinajstić information content (AvgIpc) is 2.90. The van der Waals surface area contributed by atoms with Gasteiger partial charge < -0.3 is 10.1 Å². The summed E-state index contributed by atoms with van der Waals surface area (Å²) in [7, 11) is 2.06. The summed E-state index contributed by atoms with van der Waals surface area (Å²) in [5, 5.41) is 3.51. The van der Waals surface area contributed by atoms with E-state index in [2.05, 4.69) is 57.4 Å². The first kappa shape index (κ1) is 15.5. The molecular weight excluding hydrogens is 246 g/mol. The van der Waals surface area contributed by atoms with Crippen LogP contribution in [0.15, 0.2) is 24.3 Å². The second-order valence-corrected chi connectivity index (χ2v) is 6.25. The minimum atomic E-state index is -0.0111. The van der Waals surface area contributed by atoms with Crippen molar-refractivity contribution >= 4 is 0 Å². The van der Waals surface area contributed by atoms with Gasteiger partial charge in [-0.1, -0.05) is 51.0 Å². The maximum Gasteiger partial charge on any atom is 0.0876 e. The number of ether oxygens (including phenoxy) is 1. The van der Waals surface area contributed by atoms with Crippen LogP contribution in [0, 0.1) is 0 Å². The second-order valence-electron chi connectivity index (χ2n) is 6.25. The fraction of sp³-hybridized carbons (Fsp3) is 0.667. The summed E-state index contributed by atoms with van der Waals surface area (Å²) in [6.45, 7) is 7.38. The smallest absolute Gasteiger partial charge is 0.0876 e. The van der Waals surface area contributed by atoms with Crippen LogP contribution in [-0.2, 0) is 4.74 Å². The molecule has 112 valence electrons. The molecule has 20 heavy (non-hydrogen) atoms. The summed E-state index contributed by atoms with van der Waals surface area (Å²) < 4.78 is 6.21. The maximum atomic E-state index is 6.21. The molecule has 1 atom stereocenters. The average molecular weight is 275 g/mol. The molecule has 0 bridgehead atoms. The van der Waals surface area contributed by atoms with Crippen molar-refractivity contribution in [1.29, 1.82) is 0 Å². The molecule has 0 heterocycles. The van der Waals surface area contributed by atoms with Crippen LogP contribution in [0.1, 0.15) is 69.5 Å². The van der Waals surface area contributed by atoms with Crippen molar-refractivity contribution < 1.29 is 4.74 Å². The first-order chi connectivity index (χ1) is 9.63. The molecule has 1 fully saturated rings. The largest absolute Gasteiger partial charge is 0.373 e. The Labute approximate surface area is 123 Å². The molecule has 1 aliphatic rings. The molecule has 0 amide bonds. The third kappa shape index (κ3) is 3.07. The van der Waals surface area contributed by atoms with Crippen LogP contribution in [0.25, 0.3) is 0 Å². The van der Waals surface area contributed by atoms with E-state index in [9.17, 15) is 0 Å². The van der Waals surface area contributed by atoms with Crippen LogP contribution in [0.2, 0.25) is 0 Å². The van der Waals surface area contributed by atoms with Crippen LogP contribution in [0.5, 0.6) is 0 Å². The van der Waals surface area contributed by atoms with Gasteiger partial charge in [-0.2, -0.15) is 0 Å². The van der Waals surface area contributed by atoms with Gasteiger partial charge in [0.2, 0.25) is 0 Å². The predicted molar refractivity (Wildman–Crippen MR) is 85.2 cm³/mol. The van der Waals surface area contributed by atoms with E-state index in [1.54, 1.807) is 0 Å². The molecule has 0 aromatic heterocycles. The highest BCUT2D eigenvalue weighted by atomic mass is 16.5. The van der Waals surface area contributed by atoms with Crippen LogP contribution >= 0.6 is 0 Å². The van der Waals surface area contributed by atoms with E-state index < -0.39 is 0 Å². The van der Waals surface area contributed by atoms with Gasteiger partial charge in [0.15, 0.2) is 0 Å². The zero-order valence-corrected chi connectivity index (χ0v) is 13.4. The standard InChI is InChI=1S/C18H29NO/c1-5-20-18(12-6-7-13-18)17(19-4)16-10-8-15(9-11-16)14(2)3/h8-11,14,17,19H,5-7,12-13H2,1-4H3. The van der Waals surface area contributed by atoms with E-state index in [1.165, 1.54) is 24.0 Å². The number of hydrogen-bond donors (Lipinski definition) is 1. The SMILES string of the molecule is CCOC1(C(NC)c2ccc(C(C)C)cc2)CCCC1. The van der Waals surface area contributed by atoms with Crippen LogP contribution < -0.4 is 5.32 Å². The molecule has 1 saturated carbocycles. The lowest BCUT2D eigenvalue weighted by Gasteiger charge is -2.37. The van der Waals surface area contributed by atoms with Crippen molar-refractivity contribution in [3.05, 3.63) is 35.4 Å². The topological polar surface area (TPSA) is 21.3 Å². The van der Waals surface area contributed by atoms with Gasteiger partial charge in [0.25, 0.3) is 0 Å². The minimum Gasteiger partial charge on any atom is -0.373 e. The number of rotatable bonds is 6. The van der Waals surface area contributed by atoms with E-state index in [-0.39, 0.29) is 5.60 Å². The molecule has 0 radical (unpaired) electrons. The van der Waals surface area contributed by atoms with E-state index in [4.69, 9.17) is 4.74 Å². The van der Waals surface area contributed by atoms with Gasteiger partial charge >= 0.3 is 0 Å².